The molecule has 2 atom stereocenters. The van der Waals surface area contributed by atoms with E-state index in [4.69, 9.17) is 16.7 Å². The van der Waals surface area contributed by atoms with Crippen LogP contribution in [0.15, 0.2) is 18.2 Å². The first-order valence-electron chi connectivity index (χ1n) is 4.31. The molecule has 14 heavy (non-hydrogen) atoms. The van der Waals surface area contributed by atoms with E-state index in [1.54, 1.807) is 6.07 Å². The second kappa shape index (κ2) is 4.73. The Labute approximate surface area is 86.9 Å². The summed E-state index contributed by atoms with van der Waals surface area (Å²) >= 11 is 5.56. The van der Waals surface area contributed by atoms with Crippen molar-refractivity contribution in [1.29, 1.82) is 0 Å². The third-order valence-electron chi connectivity index (χ3n) is 2.02. The van der Waals surface area contributed by atoms with Gasteiger partial charge in [-0.3, -0.25) is 0 Å². The summed E-state index contributed by atoms with van der Waals surface area (Å²) < 4.78 is 13.3. The quantitative estimate of drug-likeness (QED) is 0.812. The molecule has 0 fully saturated rings. The minimum Gasteiger partial charge on any atom is -0.391 e. The summed E-state index contributed by atoms with van der Waals surface area (Å²) in [5, 5.41) is 18.4. The van der Waals surface area contributed by atoms with Crippen LogP contribution in [-0.4, -0.2) is 22.4 Å². The highest BCUT2D eigenvalue weighted by atomic mass is 35.5. The van der Waals surface area contributed by atoms with E-state index in [0.717, 1.165) is 0 Å². The van der Waals surface area contributed by atoms with Crippen molar-refractivity contribution >= 4 is 11.6 Å². The molecule has 0 amide bonds. The van der Waals surface area contributed by atoms with Crippen molar-refractivity contribution in [3.63, 3.8) is 0 Å². The molecule has 0 aliphatic rings. The molecular weight excluding hydrogens is 207 g/mol. The molecule has 0 radical (unpaired) electrons. The monoisotopic (exact) mass is 218 g/mol. The van der Waals surface area contributed by atoms with Gasteiger partial charge in [-0.1, -0.05) is 23.7 Å². The first kappa shape index (κ1) is 11.4. The predicted octanol–water partition coefficient (Wildman–Crippen LogP) is 1.76. The Bertz CT molecular complexity index is 315. The van der Waals surface area contributed by atoms with E-state index < -0.39 is 18.0 Å². The fraction of sp³-hybridized carbons (Fsp3) is 0.400. The summed E-state index contributed by atoms with van der Waals surface area (Å²) in [7, 11) is 0. The van der Waals surface area contributed by atoms with Gasteiger partial charge >= 0.3 is 0 Å². The molecule has 0 bridgehead atoms. The fourth-order valence-corrected chi connectivity index (χ4v) is 1.30. The lowest BCUT2D eigenvalue weighted by Crippen LogP contribution is -2.25. The minimum atomic E-state index is -0.969. The van der Waals surface area contributed by atoms with Crippen LogP contribution in [0.2, 0.25) is 5.02 Å². The Morgan fingerprint density at radius 1 is 1.43 bits per heavy atom. The van der Waals surface area contributed by atoms with E-state index in [-0.39, 0.29) is 11.4 Å². The number of aliphatic hydroxyl groups excluding tert-OH is 2. The van der Waals surface area contributed by atoms with Crippen LogP contribution in [0.1, 0.15) is 12.5 Å². The van der Waals surface area contributed by atoms with E-state index >= 15 is 0 Å². The standard InChI is InChI=1S/C10H12ClFO2/c1-6(13)9(14)5-7-3-2-4-8(11)10(7)12/h2-4,6,9,13-14H,5H2,1H3. The van der Waals surface area contributed by atoms with Crippen LogP contribution in [0.5, 0.6) is 0 Å². The molecule has 2 unspecified atom stereocenters. The number of rotatable bonds is 3. The van der Waals surface area contributed by atoms with Gasteiger partial charge in [0.15, 0.2) is 0 Å². The van der Waals surface area contributed by atoms with Gasteiger partial charge < -0.3 is 10.2 Å². The third kappa shape index (κ3) is 2.67. The average Bonchev–Trinajstić information content (AvgIpc) is 2.12. The van der Waals surface area contributed by atoms with Gasteiger partial charge in [0.25, 0.3) is 0 Å². The normalized spacial score (nSPS) is 15.2. The van der Waals surface area contributed by atoms with Crippen molar-refractivity contribution in [2.24, 2.45) is 0 Å². The maximum Gasteiger partial charge on any atom is 0.145 e. The Kier molecular flexibility index (Phi) is 3.86. The number of aliphatic hydroxyl groups is 2. The lowest BCUT2D eigenvalue weighted by Gasteiger charge is -2.13. The highest BCUT2D eigenvalue weighted by Crippen LogP contribution is 2.19. The summed E-state index contributed by atoms with van der Waals surface area (Å²) in [6, 6.07) is 4.58. The number of hydrogen-bond donors (Lipinski definition) is 2. The van der Waals surface area contributed by atoms with E-state index in [9.17, 15) is 9.50 Å². The van der Waals surface area contributed by atoms with Gasteiger partial charge in [0, 0.05) is 6.42 Å². The maximum atomic E-state index is 13.3. The molecule has 1 aromatic carbocycles. The summed E-state index contributed by atoms with van der Waals surface area (Å²) in [5.41, 5.74) is 0.311. The zero-order valence-electron chi connectivity index (χ0n) is 7.74. The molecule has 1 aromatic rings. The molecule has 2 N–H and O–H groups in total. The number of hydrogen-bond acceptors (Lipinski definition) is 2. The first-order valence-corrected chi connectivity index (χ1v) is 4.69. The third-order valence-corrected chi connectivity index (χ3v) is 2.31. The van der Waals surface area contributed by atoms with Crippen LogP contribution in [0.4, 0.5) is 4.39 Å². The van der Waals surface area contributed by atoms with E-state index in [1.165, 1.54) is 19.1 Å². The van der Waals surface area contributed by atoms with Crippen LogP contribution < -0.4 is 0 Å². The highest BCUT2D eigenvalue weighted by molar-refractivity contribution is 6.30. The maximum absolute atomic E-state index is 13.3. The van der Waals surface area contributed by atoms with Crippen molar-refractivity contribution in [3.8, 4) is 0 Å². The zero-order chi connectivity index (χ0) is 10.7. The molecule has 2 nitrogen and oxygen atoms in total. The fourth-order valence-electron chi connectivity index (χ4n) is 1.10. The summed E-state index contributed by atoms with van der Waals surface area (Å²) in [5.74, 6) is -0.533. The molecule has 0 saturated carbocycles. The molecule has 0 aliphatic carbocycles. The van der Waals surface area contributed by atoms with Crippen molar-refractivity contribution in [3.05, 3.63) is 34.6 Å². The lowest BCUT2D eigenvalue weighted by atomic mass is 10.0. The SMILES string of the molecule is CC(O)C(O)Cc1cccc(Cl)c1F. The number of benzene rings is 1. The van der Waals surface area contributed by atoms with Gasteiger partial charge in [-0.15, -0.1) is 0 Å². The minimum absolute atomic E-state index is 0.0280. The van der Waals surface area contributed by atoms with Crippen LogP contribution in [0.25, 0.3) is 0 Å². The second-order valence-corrected chi connectivity index (χ2v) is 3.63. The van der Waals surface area contributed by atoms with Gasteiger partial charge in [0.2, 0.25) is 0 Å². The Morgan fingerprint density at radius 3 is 2.64 bits per heavy atom. The van der Waals surface area contributed by atoms with Crippen molar-refractivity contribution < 1.29 is 14.6 Å². The molecule has 4 heteroatoms. The van der Waals surface area contributed by atoms with Crippen molar-refractivity contribution in [1.82, 2.24) is 0 Å². The predicted molar refractivity (Wildman–Crippen MR) is 52.8 cm³/mol. The summed E-state index contributed by atoms with van der Waals surface area (Å²) in [6.45, 7) is 1.45. The summed E-state index contributed by atoms with van der Waals surface area (Å²) in [6.07, 6.45) is -1.79. The van der Waals surface area contributed by atoms with E-state index in [0.29, 0.717) is 5.56 Å². The molecular formula is C10H12ClFO2. The topological polar surface area (TPSA) is 40.5 Å². The van der Waals surface area contributed by atoms with Crippen molar-refractivity contribution in [2.75, 3.05) is 0 Å². The Hall–Kier alpha value is -0.640. The van der Waals surface area contributed by atoms with E-state index in [1.807, 2.05) is 0 Å². The lowest BCUT2D eigenvalue weighted by molar-refractivity contribution is 0.0315. The average molecular weight is 219 g/mol. The van der Waals surface area contributed by atoms with Crippen LogP contribution >= 0.6 is 11.6 Å². The molecule has 0 saturated heterocycles. The van der Waals surface area contributed by atoms with Gasteiger partial charge in [0.05, 0.1) is 17.2 Å². The molecule has 0 spiro atoms. The van der Waals surface area contributed by atoms with Crippen LogP contribution in [-0.2, 0) is 6.42 Å². The molecule has 0 aliphatic heterocycles. The van der Waals surface area contributed by atoms with Gasteiger partial charge in [-0.25, -0.2) is 4.39 Å². The van der Waals surface area contributed by atoms with Gasteiger partial charge in [-0.05, 0) is 18.6 Å². The first-order chi connectivity index (χ1) is 6.52. The molecule has 0 aromatic heterocycles. The Balaban J connectivity index is 2.82. The molecule has 78 valence electrons. The zero-order valence-corrected chi connectivity index (χ0v) is 8.50. The van der Waals surface area contributed by atoms with Crippen LogP contribution in [0, 0.1) is 5.82 Å². The number of halogens is 2. The summed E-state index contributed by atoms with van der Waals surface area (Å²) in [4.78, 5) is 0. The largest absolute Gasteiger partial charge is 0.391 e. The van der Waals surface area contributed by atoms with Gasteiger partial charge in [-0.2, -0.15) is 0 Å². The van der Waals surface area contributed by atoms with E-state index in [2.05, 4.69) is 0 Å². The highest BCUT2D eigenvalue weighted by Gasteiger charge is 2.15. The molecule has 1 rings (SSSR count). The smallest absolute Gasteiger partial charge is 0.145 e. The van der Waals surface area contributed by atoms with Crippen LogP contribution in [0.3, 0.4) is 0 Å². The molecule has 0 heterocycles. The second-order valence-electron chi connectivity index (χ2n) is 3.23. The van der Waals surface area contributed by atoms with Crippen molar-refractivity contribution in [2.45, 2.75) is 25.6 Å². The Morgan fingerprint density at radius 2 is 2.07 bits per heavy atom. The van der Waals surface area contributed by atoms with Gasteiger partial charge in [0.1, 0.15) is 5.82 Å².